The predicted octanol–water partition coefficient (Wildman–Crippen LogP) is 4.45. The van der Waals surface area contributed by atoms with Gasteiger partial charge < -0.3 is 5.32 Å². The van der Waals surface area contributed by atoms with Gasteiger partial charge >= 0.3 is 0 Å². The van der Waals surface area contributed by atoms with Crippen LogP contribution in [0.5, 0.6) is 0 Å². The molecule has 4 rings (SSSR count). The van der Waals surface area contributed by atoms with Gasteiger partial charge in [-0.05, 0) is 24.3 Å². The summed E-state index contributed by atoms with van der Waals surface area (Å²) in [5, 5.41) is 10.9. The molecule has 136 valence electrons. The van der Waals surface area contributed by atoms with E-state index in [-0.39, 0.29) is 11.7 Å². The van der Waals surface area contributed by atoms with Crippen LogP contribution in [0.1, 0.15) is 21.6 Å². The molecule has 0 bridgehead atoms. The van der Waals surface area contributed by atoms with E-state index in [1.165, 1.54) is 6.08 Å². The lowest BCUT2D eigenvalue weighted by Crippen LogP contribution is -2.09. The van der Waals surface area contributed by atoms with Gasteiger partial charge in [-0.3, -0.25) is 14.7 Å². The molecule has 1 heterocycles. The lowest BCUT2D eigenvalue weighted by molar-refractivity contribution is -0.111. The molecular formula is C23H17N3O2. The maximum absolute atomic E-state index is 12.6. The van der Waals surface area contributed by atoms with Crippen LogP contribution < -0.4 is 5.32 Å². The zero-order valence-electron chi connectivity index (χ0n) is 14.9. The van der Waals surface area contributed by atoms with Crippen LogP contribution in [0, 0.1) is 0 Å². The van der Waals surface area contributed by atoms with Crippen LogP contribution in [0.25, 0.3) is 17.0 Å². The topological polar surface area (TPSA) is 74.8 Å². The fraction of sp³-hybridized carbons (Fsp3) is 0. The summed E-state index contributed by atoms with van der Waals surface area (Å²) in [6.45, 7) is 0. The van der Waals surface area contributed by atoms with E-state index in [0.717, 1.165) is 10.9 Å². The number of benzene rings is 3. The zero-order valence-corrected chi connectivity index (χ0v) is 14.9. The molecule has 1 aromatic heterocycles. The molecule has 0 saturated heterocycles. The van der Waals surface area contributed by atoms with E-state index < -0.39 is 0 Å². The summed E-state index contributed by atoms with van der Waals surface area (Å²) in [4.78, 5) is 24.8. The average molecular weight is 367 g/mol. The van der Waals surface area contributed by atoms with Gasteiger partial charge in [0.05, 0.1) is 11.2 Å². The Kier molecular flexibility index (Phi) is 4.80. The molecule has 0 unspecified atom stereocenters. The molecule has 4 aromatic rings. The van der Waals surface area contributed by atoms with E-state index in [0.29, 0.717) is 22.5 Å². The Morgan fingerprint density at radius 1 is 0.857 bits per heavy atom. The number of anilines is 1. The number of aromatic nitrogens is 2. The van der Waals surface area contributed by atoms with E-state index in [1.807, 2.05) is 42.5 Å². The molecule has 0 atom stereocenters. The third-order valence-corrected chi connectivity index (χ3v) is 4.32. The van der Waals surface area contributed by atoms with Gasteiger partial charge in [0.1, 0.15) is 0 Å². The second-order valence-electron chi connectivity index (χ2n) is 6.25. The van der Waals surface area contributed by atoms with Gasteiger partial charge in [0, 0.05) is 28.3 Å². The van der Waals surface area contributed by atoms with E-state index in [4.69, 9.17) is 0 Å². The van der Waals surface area contributed by atoms with Crippen molar-refractivity contribution in [3.63, 3.8) is 0 Å². The smallest absolute Gasteiger partial charge is 0.248 e. The Morgan fingerprint density at radius 3 is 2.46 bits per heavy atom. The molecule has 0 aliphatic heterocycles. The van der Waals surface area contributed by atoms with Gasteiger partial charge in [-0.15, -0.1) is 0 Å². The highest BCUT2D eigenvalue weighted by molar-refractivity contribution is 6.10. The van der Waals surface area contributed by atoms with Crippen LogP contribution in [0.4, 0.5) is 5.69 Å². The molecule has 2 N–H and O–H groups in total. The average Bonchev–Trinajstić information content (AvgIpc) is 3.16. The van der Waals surface area contributed by atoms with E-state index in [1.54, 1.807) is 42.5 Å². The van der Waals surface area contributed by atoms with Crippen LogP contribution in [-0.4, -0.2) is 21.9 Å². The minimum Gasteiger partial charge on any atom is -0.322 e. The molecule has 0 fully saturated rings. The first kappa shape index (κ1) is 17.4. The van der Waals surface area contributed by atoms with Gasteiger partial charge in [0.25, 0.3) is 0 Å². The highest BCUT2D eigenvalue weighted by Gasteiger charge is 2.09. The summed E-state index contributed by atoms with van der Waals surface area (Å²) < 4.78 is 0. The summed E-state index contributed by atoms with van der Waals surface area (Å²) >= 11 is 0. The maximum Gasteiger partial charge on any atom is 0.248 e. The van der Waals surface area contributed by atoms with Crippen molar-refractivity contribution < 1.29 is 9.59 Å². The maximum atomic E-state index is 12.6. The number of carbonyl (C=O) groups excluding carboxylic acids is 2. The predicted molar refractivity (Wildman–Crippen MR) is 110 cm³/mol. The molecule has 28 heavy (non-hydrogen) atoms. The lowest BCUT2D eigenvalue weighted by atomic mass is 10.0. The summed E-state index contributed by atoms with van der Waals surface area (Å²) in [5.74, 6) is -0.383. The first-order valence-corrected chi connectivity index (χ1v) is 8.83. The number of ketones is 1. The van der Waals surface area contributed by atoms with Crippen molar-refractivity contribution in [2.75, 3.05) is 5.32 Å². The number of amides is 1. The fourth-order valence-corrected chi connectivity index (χ4v) is 2.94. The van der Waals surface area contributed by atoms with Gasteiger partial charge in [-0.1, -0.05) is 60.7 Å². The monoisotopic (exact) mass is 367 g/mol. The Labute approximate surface area is 161 Å². The van der Waals surface area contributed by atoms with Crippen LogP contribution >= 0.6 is 0 Å². The summed E-state index contributed by atoms with van der Waals surface area (Å²) in [6.07, 6.45) is 3.08. The number of fused-ring (bicyclic) bond motifs is 1. The lowest BCUT2D eigenvalue weighted by Gasteiger charge is -2.05. The SMILES string of the molecule is O=C(C=Cc1n[nH]c2ccccc12)Nc1cccc(C(=O)c2ccccc2)c1. The Hall–Kier alpha value is -3.99. The molecule has 0 radical (unpaired) electrons. The number of carbonyl (C=O) groups is 2. The number of nitrogens with one attached hydrogen (secondary N) is 2. The molecule has 5 nitrogen and oxygen atoms in total. The zero-order chi connectivity index (χ0) is 19.3. The van der Waals surface area contributed by atoms with Crippen molar-refractivity contribution in [1.29, 1.82) is 0 Å². The second kappa shape index (κ2) is 7.72. The number of H-pyrrole nitrogens is 1. The van der Waals surface area contributed by atoms with Crippen molar-refractivity contribution in [3.8, 4) is 0 Å². The van der Waals surface area contributed by atoms with Crippen molar-refractivity contribution in [2.45, 2.75) is 0 Å². The van der Waals surface area contributed by atoms with Gasteiger partial charge in [-0.25, -0.2) is 0 Å². The standard InChI is InChI=1S/C23H17N3O2/c27-22(14-13-21-19-11-4-5-12-20(19)25-26-21)24-18-10-6-9-17(15-18)23(28)16-7-2-1-3-8-16/h1-15H,(H,24,27)(H,25,26). The number of nitrogens with zero attached hydrogens (tertiary/aromatic N) is 1. The first-order chi connectivity index (χ1) is 13.7. The van der Waals surface area contributed by atoms with E-state index >= 15 is 0 Å². The number of rotatable bonds is 5. The molecule has 3 aromatic carbocycles. The van der Waals surface area contributed by atoms with Crippen molar-refractivity contribution >= 4 is 34.4 Å². The number of aromatic amines is 1. The van der Waals surface area contributed by atoms with Crippen LogP contribution in [0.2, 0.25) is 0 Å². The Morgan fingerprint density at radius 2 is 1.61 bits per heavy atom. The highest BCUT2D eigenvalue weighted by Crippen LogP contribution is 2.17. The van der Waals surface area contributed by atoms with Crippen LogP contribution in [0.3, 0.4) is 0 Å². The van der Waals surface area contributed by atoms with E-state index in [2.05, 4.69) is 15.5 Å². The number of para-hydroxylation sites is 1. The molecule has 0 spiro atoms. The molecule has 1 amide bonds. The Balaban J connectivity index is 1.48. The third-order valence-electron chi connectivity index (χ3n) is 4.32. The quantitative estimate of drug-likeness (QED) is 0.404. The molecule has 0 aliphatic carbocycles. The van der Waals surface area contributed by atoms with Gasteiger partial charge in [-0.2, -0.15) is 5.10 Å². The minimum absolute atomic E-state index is 0.0877. The molecule has 5 heteroatoms. The second-order valence-corrected chi connectivity index (χ2v) is 6.25. The Bertz CT molecular complexity index is 1180. The van der Waals surface area contributed by atoms with Crippen LogP contribution in [0.15, 0.2) is 84.9 Å². The molecule has 0 aliphatic rings. The van der Waals surface area contributed by atoms with Gasteiger partial charge in [0.2, 0.25) is 5.91 Å². The molecular weight excluding hydrogens is 350 g/mol. The molecule has 0 saturated carbocycles. The number of hydrogen-bond donors (Lipinski definition) is 2. The van der Waals surface area contributed by atoms with E-state index in [9.17, 15) is 9.59 Å². The highest BCUT2D eigenvalue weighted by atomic mass is 16.1. The fourth-order valence-electron chi connectivity index (χ4n) is 2.94. The summed E-state index contributed by atoms with van der Waals surface area (Å²) in [7, 11) is 0. The third kappa shape index (κ3) is 3.73. The first-order valence-electron chi connectivity index (χ1n) is 8.83. The van der Waals surface area contributed by atoms with Crippen LogP contribution in [-0.2, 0) is 4.79 Å². The largest absolute Gasteiger partial charge is 0.322 e. The van der Waals surface area contributed by atoms with Gasteiger partial charge in [0.15, 0.2) is 5.78 Å². The summed E-state index contributed by atoms with van der Waals surface area (Å²) in [6, 6.07) is 23.6. The number of hydrogen-bond acceptors (Lipinski definition) is 3. The van der Waals surface area contributed by atoms with Crippen molar-refractivity contribution in [1.82, 2.24) is 10.2 Å². The summed E-state index contributed by atoms with van der Waals surface area (Å²) in [5.41, 5.74) is 3.29. The normalized spacial score (nSPS) is 11.0. The van der Waals surface area contributed by atoms with Crippen molar-refractivity contribution in [3.05, 3.63) is 102 Å². The van der Waals surface area contributed by atoms with Crippen molar-refractivity contribution in [2.24, 2.45) is 0 Å². The minimum atomic E-state index is -0.295.